The van der Waals surface area contributed by atoms with E-state index >= 15 is 0 Å². The number of nitrogens with zero attached hydrogens (tertiary/aromatic N) is 1. The van der Waals surface area contributed by atoms with Crippen LogP contribution in [0.2, 0.25) is 0 Å². The van der Waals surface area contributed by atoms with Crippen molar-refractivity contribution in [2.45, 2.75) is 57.7 Å². The van der Waals surface area contributed by atoms with Crippen LogP contribution in [-0.4, -0.2) is 28.8 Å². The maximum atomic E-state index is 14.2. The Hall–Kier alpha value is -2.76. The molecular weight excluding hydrogens is 374 g/mol. The highest BCUT2D eigenvalue weighted by Crippen LogP contribution is 2.19. The van der Waals surface area contributed by atoms with Crippen LogP contribution in [0, 0.1) is 11.6 Å². The first-order chi connectivity index (χ1) is 14.0. The van der Waals surface area contributed by atoms with Gasteiger partial charge in [0.05, 0.1) is 6.42 Å². The van der Waals surface area contributed by atoms with Crippen molar-refractivity contribution < 1.29 is 18.4 Å². The predicted octanol–water partition coefficient (Wildman–Crippen LogP) is 3.98. The van der Waals surface area contributed by atoms with Gasteiger partial charge in [0.15, 0.2) is 0 Å². The van der Waals surface area contributed by atoms with Crippen LogP contribution in [0.4, 0.5) is 8.78 Å². The topological polar surface area (TPSA) is 49.4 Å². The van der Waals surface area contributed by atoms with Crippen LogP contribution in [0.15, 0.2) is 48.5 Å². The van der Waals surface area contributed by atoms with Crippen LogP contribution in [-0.2, 0) is 22.6 Å². The summed E-state index contributed by atoms with van der Waals surface area (Å²) in [5.41, 5.74) is 0.564. The lowest BCUT2D eigenvalue weighted by Crippen LogP contribution is -2.50. The van der Waals surface area contributed by atoms with Gasteiger partial charge >= 0.3 is 0 Å². The van der Waals surface area contributed by atoms with Gasteiger partial charge in [-0.15, -0.1) is 0 Å². The molecule has 0 heterocycles. The van der Waals surface area contributed by atoms with Crippen LogP contribution < -0.4 is 5.32 Å². The summed E-state index contributed by atoms with van der Waals surface area (Å²) in [6.45, 7) is 1.57. The summed E-state index contributed by atoms with van der Waals surface area (Å²) in [6, 6.07) is 11.5. The highest BCUT2D eigenvalue weighted by molar-refractivity contribution is 5.88. The Kier molecular flexibility index (Phi) is 6.96. The number of carbonyl (C=O) groups excluding carboxylic acids is 2. The lowest BCUT2D eigenvalue weighted by Gasteiger charge is -2.30. The molecule has 1 fully saturated rings. The third kappa shape index (κ3) is 5.40. The summed E-state index contributed by atoms with van der Waals surface area (Å²) in [6.07, 6.45) is 3.81. The maximum absolute atomic E-state index is 14.2. The standard InChI is InChI=1S/C23H26F2N2O2/c1-16(23(29)26-19-10-4-5-11-19)27(15-18-9-3-7-13-21(18)25)22(28)14-17-8-2-6-12-20(17)24/h2-3,6-9,12-13,16,19H,4-5,10-11,14-15H2,1H3,(H,26,29)/t16-/m1/s1. The number of benzene rings is 2. The van der Waals surface area contributed by atoms with E-state index in [2.05, 4.69) is 5.32 Å². The van der Waals surface area contributed by atoms with E-state index in [-0.39, 0.29) is 30.5 Å². The molecule has 0 saturated heterocycles. The molecule has 1 atom stereocenters. The van der Waals surface area contributed by atoms with E-state index in [1.54, 1.807) is 37.3 Å². The summed E-state index contributed by atoms with van der Waals surface area (Å²) < 4.78 is 28.2. The summed E-state index contributed by atoms with van der Waals surface area (Å²) >= 11 is 0. The fourth-order valence-corrected chi connectivity index (χ4v) is 3.69. The van der Waals surface area contributed by atoms with Gasteiger partial charge in [-0.25, -0.2) is 8.78 Å². The number of hydrogen-bond acceptors (Lipinski definition) is 2. The molecule has 0 spiro atoms. The van der Waals surface area contributed by atoms with E-state index in [1.807, 2.05) is 0 Å². The van der Waals surface area contributed by atoms with E-state index in [0.717, 1.165) is 25.7 Å². The molecule has 2 amide bonds. The van der Waals surface area contributed by atoms with Gasteiger partial charge in [0, 0.05) is 18.2 Å². The Morgan fingerprint density at radius 1 is 1.00 bits per heavy atom. The number of halogens is 2. The van der Waals surface area contributed by atoms with Gasteiger partial charge in [0.2, 0.25) is 11.8 Å². The van der Waals surface area contributed by atoms with Gasteiger partial charge < -0.3 is 10.2 Å². The van der Waals surface area contributed by atoms with Crippen molar-refractivity contribution in [3.63, 3.8) is 0 Å². The van der Waals surface area contributed by atoms with Gasteiger partial charge in [0.25, 0.3) is 0 Å². The van der Waals surface area contributed by atoms with E-state index in [0.29, 0.717) is 5.56 Å². The highest BCUT2D eigenvalue weighted by atomic mass is 19.1. The summed E-state index contributed by atoms with van der Waals surface area (Å²) in [5.74, 6) is -1.61. The second-order valence-corrected chi connectivity index (χ2v) is 7.55. The van der Waals surface area contributed by atoms with Gasteiger partial charge in [0.1, 0.15) is 17.7 Å². The van der Waals surface area contributed by atoms with Gasteiger partial charge in [-0.2, -0.15) is 0 Å². The number of amides is 2. The molecule has 1 N–H and O–H groups in total. The molecular formula is C23H26F2N2O2. The third-order valence-corrected chi connectivity index (χ3v) is 5.47. The molecule has 6 heteroatoms. The minimum Gasteiger partial charge on any atom is -0.352 e. The minimum absolute atomic E-state index is 0.0563. The van der Waals surface area contributed by atoms with Crippen LogP contribution in [0.25, 0.3) is 0 Å². The third-order valence-electron chi connectivity index (χ3n) is 5.47. The molecule has 0 bridgehead atoms. The average Bonchev–Trinajstić information content (AvgIpc) is 3.21. The zero-order valence-corrected chi connectivity index (χ0v) is 16.5. The lowest BCUT2D eigenvalue weighted by molar-refractivity contribution is -0.140. The van der Waals surface area contributed by atoms with Gasteiger partial charge in [-0.3, -0.25) is 9.59 Å². The maximum Gasteiger partial charge on any atom is 0.242 e. The van der Waals surface area contributed by atoms with E-state index in [1.165, 1.54) is 23.1 Å². The van der Waals surface area contributed by atoms with Gasteiger partial charge in [-0.05, 0) is 37.5 Å². The summed E-state index contributed by atoms with van der Waals surface area (Å²) in [7, 11) is 0. The lowest BCUT2D eigenvalue weighted by atomic mass is 10.1. The monoisotopic (exact) mass is 400 g/mol. The zero-order valence-electron chi connectivity index (χ0n) is 16.5. The molecule has 1 aliphatic carbocycles. The molecule has 29 heavy (non-hydrogen) atoms. The highest BCUT2D eigenvalue weighted by Gasteiger charge is 2.29. The van der Waals surface area contributed by atoms with Crippen LogP contribution in [0.5, 0.6) is 0 Å². The van der Waals surface area contributed by atoms with Crippen LogP contribution in [0.1, 0.15) is 43.7 Å². The predicted molar refractivity (Wildman–Crippen MR) is 107 cm³/mol. The van der Waals surface area contributed by atoms with Crippen molar-refractivity contribution >= 4 is 11.8 Å². The SMILES string of the molecule is C[C@H](C(=O)NC1CCCC1)N(Cc1ccccc1F)C(=O)Cc1ccccc1F. The largest absolute Gasteiger partial charge is 0.352 e. The fraction of sp³-hybridized carbons (Fsp3) is 0.391. The quantitative estimate of drug-likeness (QED) is 0.764. The number of hydrogen-bond donors (Lipinski definition) is 1. The molecule has 1 aliphatic rings. The minimum atomic E-state index is -0.797. The molecule has 4 nitrogen and oxygen atoms in total. The van der Waals surface area contributed by atoms with E-state index in [9.17, 15) is 18.4 Å². The summed E-state index contributed by atoms with van der Waals surface area (Å²) in [5, 5.41) is 2.99. The Morgan fingerprint density at radius 3 is 2.14 bits per heavy atom. The van der Waals surface area contributed by atoms with Gasteiger partial charge in [-0.1, -0.05) is 49.2 Å². The Balaban J connectivity index is 1.80. The first-order valence-corrected chi connectivity index (χ1v) is 10.0. The van der Waals surface area contributed by atoms with Crippen LogP contribution >= 0.6 is 0 Å². The number of rotatable bonds is 7. The van der Waals surface area contributed by atoms with Crippen molar-refractivity contribution in [3.8, 4) is 0 Å². The molecule has 2 aromatic rings. The Labute approximate surface area is 169 Å². The van der Waals surface area contributed by atoms with Crippen molar-refractivity contribution in [1.29, 1.82) is 0 Å². The smallest absolute Gasteiger partial charge is 0.242 e. The van der Waals surface area contributed by atoms with Crippen molar-refractivity contribution in [1.82, 2.24) is 10.2 Å². The molecule has 0 radical (unpaired) electrons. The van der Waals surface area contributed by atoms with E-state index in [4.69, 9.17) is 0 Å². The molecule has 3 rings (SSSR count). The number of nitrogens with one attached hydrogen (secondary N) is 1. The molecule has 2 aromatic carbocycles. The summed E-state index contributed by atoms with van der Waals surface area (Å²) in [4.78, 5) is 27.1. The first kappa shape index (κ1) is 21.0. The van der Waals surface area contributed by atoms with E-state index < -0.39 is 23.6 Å². The molecule has 1 saturated carbocycles. The molecule has 0 aromatic heterocycles. The fourth-order valence-electron chi connectivity index (χ4n) is 3.69. The second-order valence-electron chi connectivity index (χ2n) is 7.55. The normalized spacial score (nSPS) is 15.1. The molecule has 154 valence electrons. The van der Waals surface area contributed by atoms with Crippen molar-refractivity contribution in [2.75, 3.05) is 0 Å². The van der Waals surface area contributed by atoms with Crippen LogP contribution in [0.3, 0.4) is 0 Å². The van der Waals surface area contributed by atoms with Crippen molar-refractivity contribution in [2.24, 2.45) is 0 Å². The second kappa shape index (κ2) is 9.63. The molecule has 0 aliphatic heterocycles. The Morgan fingerprint density at radius 2 is 1.55 bits per heavy atom. The molecule has 0 unspecified atom stereocenters. The Bertz CT molecular complexity index is 865. The zero-order chi connectivity index (χ0) is 20.8. The first-order valence-electron chi connectivity index (χ1n) is 10.0. The number of carbonyl (C=O) groups is 2. The average molecular weight is 400 g/mol. The van der Waals surface area contributed by atoms with Crippen molar-refractivity contribution in [3.05, 3.63) is 71.3 Å².